The summed E-state index contributed by atoms with van der Waals surface area (Å²) in [6, 6.07) is 12.4. The fraction of sp³-hybridized carbons (Fsp3) is 0. The molecule has 0 aliphatic rings. The average molecular weight is 335 g/mol. The van der Waals surface area contributed by atoms with Gasteiger partial charge in [-0.2, -0.15) is 0 Å². The predicted octanol–water partition coefficient (Wildman–Crippen LogP) is 1.65. The van der Waals surface area contributed by atoms with Crippen molar-refractivity contribution in [2.75, 3.05) is 0 Å². The van der Waals surface area contributed by atoms with Crippen molar-refractivity contribution in [2.45, 2.75) is 0 Å². The molecule has 0 aliphatic carbocycles. The monoisotopic (exact) mass is 335 g/mol. The molecule has 7 nitrogen and oxygen atoms in total. The second-order valence-electron chi connectivity index (χ2n) is 3.64. The van der Waals surface area contributed by atoms with E-state index < -0.39 is 15.3 Å². The molecule has 0 fully saturated rings. The first-order valence-corrected chi connectivity index (χ1v) is 6.73. The number of para-hydroxylation sites is 1. The van der Waals surface area contributed by atoms with Gasteiger partial charge in [-0.3, -0.25) is 10.1 Å². The summed E-state index contributed by atoms with van der Waals surface area (Å²) in [5.41, 5.74) is -0.168. The molecule has 0 saturated heterocycles. The maximum atomic E-state index is 11.6. The van der Waals surface area contributed by atoms with Crippen molar-refractivity contribution in [1.82, 2.24) is 0 Å². The number of nitro groups is 1. The van der Waals surface area contributed by atoms with Crippen molar-refractivity contribution in [3.8, 4) is 11.5 Å². The van der Waals surface area contributed by atoms with Crippen LogP contribution in [0.2, 0.25) is 0 Å². The van der Waals surface area contributed by atoms with Crippen molar-refractivity contribution in [3.05, 3.63) is 64.7 Å². The van der Waals surface area contributed by atoms with Crippen molar-refractivity contribution in [1.29, 1.82) is 0 Å². The van der Waals surface area contributed by atoms with Gasteiger partial charge in [-0.05, 0) is 24.3 Å². The Morgan fingerprint density at radius 3 is 1.81 bits per heavy atom. The molecule has 2 aromatic carbocycles. The van der Waals surface area contributed by atoms with Crippen LogP contribution in [0.15, 0.2) is 54.6 Å². The Kier molecular flexibility index (Phi) is 6.78. The number of non-ortho nitro benzene ring substituents is 1. The summed E-state index contributed by atoms with van der Waals surface area (Å²) in [7, 11) is -4.29. The quantitative estimate of drug-likeness (QED) is 0.468. The zero-order valence-corrected chi connectivity index (χ0v) is 10.8. The van der Waals surface area contributed by atoms with Crippen LogP contribution in [-0.2, 0) is 10.4 Å². The summed E-state index contributed by atoms with van der Waals surface area (Å²) >= 11 is 0. The second kappa shape index (κ2) is 7.87. The van der Waals surface area contributed by atoms with Crippen LogP contribution in [0.1, 0.15) is 0 Å². The van der Waals surface area contributed by atoms with Crippen LogP contribution >= 0.6 is 0 Å². The number of hydrogen-bond donors (Lipinski definition) is 0. The number of nitrogens with zero attached hydrogens (tertiary/aromatic N) is 1. The number of nitro benzene ring substituents is 1. The van der Waals surface area contributed by atoms with Crippen LogP contribution in [0.3, 0.4) is 0 Å². The van der Waals surface area contributed by atoms with E-state index in [1.165, 1.54) is 24.3 Å². The summed E-state index contributed by atoms with van der Waals surface area (Å²) in [6.07, 6.45) is 0. The van der Waals surface area contributed by atoms with E-state index in [1.807, 2.05) is 0 Å². The van der Waals surface area contributed by atoms with Crippen molar-refractivity contribution in [2.24, 2.45) is 0 Å². The Labute approximate surface area is 163 Å². The van der Waals surface area contributed by atoms with Gasteiger partial charge in [0.2, 0.25) is 0 Å². The molecule has 106 valence electrons. The topological polar surface area (TPSA) is 95.7 Å². The van der Waals surface area contributed by atoms with Crippen molar-refractivity contribution < 1.29 is 21.7 Å². The third-order valence-corrected chi connectivity index (χ3v) is 2.98. The first kappa shape index (κ1) is 18.1. The van der Waals surface area contributed by atoms with Crippen LogP contribution in [0, 0.1) is 10.1 Å². The normalized spacial score (nSPS) is 10.3. The van der Waals surface area contributed by atoms with Gasteiger partial charge >= 0.3 is 61.8 Å². The summed E-state index contributed by atoms with van der Waals surface area (Å²) in [5, 5.41) is 10.5. The SMILES string of the molecule is O=[N+]([O-])c1ccc(OS(=O)(=O)Oc2ccccc2)cc1.[KH]. The molecule has 0 N–H and O–H groups in total. The number of benzene rings is 2. The second-order valence-corrected chi connectivity index (χ2v) is 4.79. The van der Waals surface area contributed by atoms with E-state index >= 15 is 0 Å². The first-order valence-electron chi connectivity index (χ1n) is 5.40. The molecule has 0 amide bonds. The average Bonchev–Trinajstić information content (AvgIpc) is 2.39. The van der Waals surface area contributed by atoms with Gasteiger partial charge in [-0.25, -0.2) is 0 Å². The Balaban J connectivity index is 0.00000220. The first-order chi connectivity index (χ1) is 9.46. The molecule has 0 aliphatic heterocycles. The fourth-order valence-electron chi connectivity index (χ4n) is 1.35. The molecular formula is C12H10KNO6S. The van der Waals surface area contributed by atoms with Crippen LogP contribution in [-0.4, -0.2) is 64.7 Å². The molecule has 21 heavy (non-hydrogen) atoms. The third kappa shape index (κ3) is 5.73. The molecule has 0 radical (unpaired) electrons. The molecule has 0 unspecified atom stereocenters. The summed E-state index contributed by atoms with van der Waals surface area (Å²) in [5.74, 6) is 0.0287. The minimum atomic E-state index is -4.29. The van der Waals surface area contributed by atoms with Crippen molar-refractivity contribution >= 4 is 67.5 Å². The van der Waals surface area contributed by atoms with Crippen LogP contribution in [0.4, 0.5) is 5.69 Å². The van der Waals surface area contributed by atoms with E-state index in [2.05, 4.69) is 4.18 Å². The number of rotatable bonds is 5. The fourth-order valence-corrected chi connectivity index (χ4v) is 2.08. The van der Waals surface area contributed by atoms with E-state index in [0.717, 1.165) is 12.1 Å². The predicted molar refractivity (Wildman–Crippen MR) is 76.9 cm³/mol. The van der Waals surface area contributed by atoms with Crippen LogP contribution < -0.4 is 8.37 Å². The van der Waals surface area contributed by atoms with Gasteiger partial charge in [0.25, 0.3) is 5.69 Å². The zero-order valence-electron chi connectivity index (χ0n) is 10.0. The molecule has 0 heterocycles. The molecule has 0 spiro atoms. The summed E-state index contributed by atoms with van der Waals surface area (Å²) in [6.45, 7) is 0. The Morgan fingerprint density at radius 2 is 1.33 bits per heavy atom. The zero-order chi connectivity index (χ0) is 14.6. The van der Waals surface area contributed by atoms with Gasteiger partial charge in [-0.1, -0.05) is 18.2 Å². The third-order valence-electron chi connectivity index (χ3n) is 2.19. The maximum absolute atomic E-state index is 11.6. The van der Waals surface area contributed by atoms with Gasteiger partial charge in [-0.15, -0.1) is 8.42 Å². The molecule has 0 atom stereocenters. The molecule has 2 rings (SSSR count). The Hall–Kier alpha value is -0.974. The molecule has 9 heteroatoms. The van der Waals surface area contributed by atoms with Gasteiger partial charge in [0, 0.05) is 12.1 Å². The van der Waals surface area contributed by atoms with Gasteiger partial charge in [0.1, 0.15) is 11.5 Å². The van der Waals surface area contributed by atoms with E-state index in [0.29, 0.717) is 0 Å². The van der Waals surface area contributed by atoms with E-state index in [9.17, 15) is 18.5 Å². The van der Waals surface area contributed by atoms with Gasteiger partial charge in [0.15, 0.2) is 0 Å². The molecule has 0 saturated carbocycles. The van der Waals surface area contributed by atoms with Crippen molar-refractivity contribution in [3.63, 3.8) is 0 Å². The van der Waals surface area contributed by atoms with Gasteiger partial charge in [0.05, 0.1) is 4.92 Å². The molecule has 0 bridgehead atoms. The molecular weight excluding hydrogens is 325 g/mol. The summed E-state index contributed by atoms with van der Waals surface area (Å²) in [4.78, 5) is 9.86. The van der Waals surface area contributed by atoms with E-state index in [4.69, 9.17) is 4.18 Å². The standard InChI is InChI=1S/C12H9NO6S.K.H/c14-13(15)10-6-8-12(9-7-10)19-20(16,17)18-11-4-2-1-3-5-11;;/h1-9H;;. The van der Waals surface area contributed by atoms with Crippen LogP contribution in [0.5, 0.6) is 11.5 Å². The molecule has 0 aromatic heterocycles. The molecule has 2 aromatic rings. The minimum absolute atomic E-state index is 0. The number of hydrogen-bond acceptors (Lipinski definition) is 6. The van der Waals surface area contributed by atoms with Gasteiger partial charge < -0.3 is 8.37 Å². The van der Waals surface area contributed by atoms with E-state index in [-0.39, 0.29) is 68.6 Å². The van der Waals surface area contributed by atoms with Crippen LogP contribution in [0.25, 0.3) is 0 Å². The summed E-state index contributed by atoms with van der Waals surface area (Å²) < 4.78 is 32.6. The Morgan fingerprint density at radius 1 is 0.857 bits per heavy atom. The Bertz CT molecular complexity index is 702. The van der Waals surface area contributed by atoms with E-state index in [1.54, 1.807) is 18.2 Å².